The summed E-state index contributed by atoms with van der Waals surface area (Å²) in [4.78, 5) is 50.2. The first-order valence-electron chi connectivity index (χ1n) is 15.1. The number of urea groups is 1. The zero-order valence-corrected chi connectivity index (χ0v) is 26.6. The van der Waals surface area contributed by atoms with Gasteiger partial charge < -0.3 is 40.6 Å². The van der Waals surface area contributed by atoms with Crippen molar-refractivity contribution in [2.24, 2.45) is 5.92 Å². The van der Waals surface area contributed by atoms with Gasteiger partial charge in [0.2, 0.25) is 5.91 Å². The molecule has 5 N–H and O–H groups in total. The number of benzene rings is 2. The standard InChI is InChI=1S/C32H44N4O8S/c1-22(2)27-20-42-15-6-7-16-43-25-12-10-23(11-13-25)18-26(29(37)34-27)35-31(40)36-28(30(38)39)21-45-17-14-33-32(41)44-19-24-8-4-3-5-9-24/h3-5,8-13,22,26-28H,6-7,14-21H2,1-2H3,(H,33,41)(H,34,37)(H,38,39)(H2,35,36,40)/t26-,27-,28?/m1/s1. The van der Waals surface area contributed by atoms with E-state index in [4.69, 9.17) is 14.2 Å². The largest absolute Gasteiger partial charge is 0.494 e. The van der Waals surface area contributed by atoms with Gasteiger partial charge in [-0.3, -0.25) is 4.79 Å². The Morgan fingerprint density at radius 2 is 1.80 bits per heavy atom. The van der Waals surface area contributed by atoms with Crippen LogP contribution in [-0.4, -0.2) is 85.1 Å². The number of hydrogen-bond acceptors (Lipinski definition) is 8. The van der Waals surface area contributed by atoms with E-state index in [0.717, 1.165) is 24.0 Å². The molecule has 0 radical (unpaired) electrons. The van der Waals surface area contributed by atoms with Crippen LogP contribution in [0.2, 0.25) is 0 Å². The molecule has 13 heteroatoms. The van der Waals surface area contributed by atoms with Crippen LogP contribution in [0.15, 0.2) is 54.6 Å². The highest BCUT2D eigenvalue weighted by atomic mass is 32.2. The number of carboxylic acids is 1. The number of thioether (sulfide) groups is 1. The zero-order valence-electron chi connectivity index (χ0n) is 25.8. The first-order chi connectivity index (χ1) is 21.7. The van der Waals surface area contributed by atoms with Crippen molar-refractivity contribution < 1.29 is 38.5 Å². The van der Waals surface area contributed by atoms with Crippen molar-refractivity contribution in [1.82, 2.24) is 21.3 Å². The Labute approximate surface area is 268 Å². The molecule has 2 aromatic rings. The van der Waals surface area contributed by atoms with Gasteiger partial charge in [-0.2, -0.15) is 11.8 Å². The molecule has 0 saturated heterocycles. The Balaban J connectivity index is 1.53. The second kappa shape index (κ2) is 19.4. The zero-order chi connectivity index (χ0) is 32.4. The van der Waals surface area contributed by atoms with Gasteiger partial charge in [0.25, 0.3) is 0 Å². The number of nitrogens with one attached hydrogen (secondary N) is 4. The molecule has 4 amide bonds. The van der Waals surface area contributed by atoms with E-state index in [1.54, 1.807) is 0 Å². The normalized spacial score (nSPS) is 18.2. The summed E-state index contributed by atoms with van der Waals surface area (Å²) in [6, 6.07) is 13.3. The molecule has 2 aromatic carbocycles. The van der Waals surface area contributed by atoms with Crippen LogP contribution in [0.5, 0.6) is 5.75 Å². The number of alkyl carbamates (subject to hydrolysis) is 1. The van der Waals surface area contributed by atoms with Crippen LogP contribution in [0.25, 0.3) is 0 Å². The molecule has 2 bridgehead atoms. The molecule has 0 aromatic heterocycles. The Kier molecular flexibility index (Phi) is 15.3. The highest BCUT2D eigenvalue weighted by Gasteiger charge is 2.27. The molecular formula is C32H44N4O8S. The van der Waals surface area contributed by atoms with Gasteiger partial charge in [0, 0.05) is 31.1 Å². The number of ether oxygens (including phenoxy) is 3. The average molecular weight is 645 g/mol. The molecule has 3 atom stereocenters. The summed E-state index contributed by atoms with van der Waals surface area (Å²) in [6.07, 6.45) is 1.27. The molecule has 12 nitrogen and oxygen atoms in total. The Hall–Kier alpha value is -3.97. The van der Waals surface area contributed by atoms with Crippen LogP contribution in [0.1, 0.15) is 37.8 Å². The van der Waals surface area contributed by atoms with Gasteiger partial charge in [-0.25, -0.2) is 14.4 Å². The van der Waals surface area contributed by atoms with Gasteiger partial charge in [0.15, 0.2) is 0 Å². The van der Waals surface area contributed by atoms with Crippen LogP contribution in [0, 0.1) is 5.92 Å². The lowest BCUT2D eigenvalue weighted by Gasteiger charge is -2.26. The van der Waals surface area contributed by atoms with E-state index in [2.05, 4.69) is 21.3 Å². The van der Waals surface area contributed by atoms with Crippen molar-refractivity contribution in [3.05, 3.63) is 65.7 Å². The third-order valence-electron chi connectivity index (χ3n) is 6.98. The SMILES string of the molecule is CC(C)[C@H]1COCCCCOc2ccc(cc2)C[C@@H](NC(=O)NC(CSCCNC(=O)OCc2ccccc2)C(=O)O)C(=O)N1. The Bertz CT molecular complexity index is 1220. The molecule has 1 unspecified atom stereocenters. The highest BCUT2D eigenvalue weighted by Crippen LogP contribution is 2.15. The summed E-state index contributed by atoms with van der Waals surface area (Å²) in [5.74, 6) is -0.377. The van der Waals surface area contributed by atoms with Gasteiger partial charge in [-0.15, -0.1) is 0 Å². The molecule has 0 aliphatic carbocycles. The number of carboxylic acid groups (broad SMARTS) is 1. The summed E-state index contributed by atoms with van der Waals surface area (Å²) in [5.41, 5.74) is 1.66. The van der Waals surface area contributed by atoms with Crippen LogP contribution in [0.3, 0.4) is 0 Å². The van der Waals surface area contributed by atoms with E-state index in [0.29, 0.717) is 31.3 Å². The number of hydrogen-bond donors (Lipinski definition) is 5. The lowest BCUT2D eigenvalue weighted by molar-refractivity contribution is -0.138. The molecule has 246 valence electrons. The van der Waals surface area contributed by atoms with Crippen LogP contribution in [0.4, 0.5) is 9.59 Å². The summed E-state index contributed by atoms with van der Waals surface area (Å²) in [6.45, 7) is 5.79. The highest BCUT2D eigenvalue weighted by molar-refractivity contribution is 7.99. The fraction of sp³-hybridized carbons (Fsp3) is 0.500. The lowest BCUT2D eigenvalue weighted by atomic mass is 10.0. The van der Waals surface area contributed by atoms with Crippen molar-refractivity contribution in [3.8, 4) is 5.75 Å². The first-order valence-corrected chi connectivity index (χ1v) is 16.3. The minimum Gasteiger partial charge on any atom is -0.494 e. The summed E-state index contributed by atoms with van der Waals surface area (Å²) >= 11 is 1.25. The number of fused-ring (bicyclic) bond motifs is 13. The topological polar surface area (TPSA) is 164 Å². The third-order valence-corrected chi connectivity index (χ3v) is 8.04. The van der Waals surface area contributed by atoms with Gasteiger partial charge in [-0.1, -0.05) is 56.3 Å². The molecule has 4 rings (SSSR count). The molecular weight excluding hydrogens is 600 g/mol. The number of aliphatic carboxylic acids is 1. The summed E-state index contributed by atoms with van der Waals surface area (Å²) in [5, 5.41) is 20.5. The number of amides is 4. The molecule has 2 aliphatic heterocycles. The molecule has 0 saturated carbocycles. The molecule has 2 aliphatic rings. The van der Waals surface area contributed by atoms with Crippen molar-refractivity contribution >= 4 is 35.8 Å². The van der Waals surface area contributed by atoms with Gasteiger partial charge in [-0.05, 0) is 42.0 Å². The third kappa shape index (κ3) is 13.7. The molecule has 2 heterocycles. The lowest BCUT2D eigenvalue weighted by Crippen LogP contribution is -2.56. The van der Waals surface area contributed by atoms with E-state index in [1.807, 2.05) is 68.4 Å². The first kappa shape index (κ1) is 35.5. The van der Waals surface area contributed by atoms with E-state index in [1.165, 1.54) is 11.8 Å². The van der Waals surface area contributed by atoms with Crippen molar-refractivity contribution in [3.63, 3.8) is 0 Å². The maximum atomic E-state index is 13.4. The Morgan fingerprint density at radius 1 is 1.07 bits per heavy atom. The summed E-state index contributed by atoms with van der Waals surface area (Å²) < 4.78 is 16.7. The maximum absolute atomic E-state index is 13.4. The van der Waals surface area contributed by atoms with Crippen LogP contribution >= 0.6 is 11.8 Å². The van der Waals surface area contributed by atoms with Crippen LogP contribution in [-0.2, 0) is 32.1 Å². The minimum absolute atomic E-state index is 0.0502. The van der Waals surface area contributed by atoms with E-state index >= 15 is 0 Å². The second-order valence-electron chi connectivity index (χ2n) is 11.0. The van der Waals surface area contributed by atoms with Crippen molar-refractivity contribution in [1.29, 1.82) is 0 Å². The fourth-order valence-electron chi connectivity index (χ4n) is 4.29. The van der Waals surface area contributed by atoms with Gasteiger partial charge in [0.05, 0.1) is 19.3 Å². The number of rotatable bonds is 11. The molecule has 0 spiro atoms. The predicted octanol–water partition coefficient (Wildman–Crippen LogP) is 3.34. The number of carbonyl (C=O) groups excluding carboxylic acids is 3. The van der Waals surface area contributed by atoms with Crippen molar-refractivity contribution in [2.45, 2.75) is 57.8 Å². The van der Waals surface area contributed by atoms with Crippen LogP contribution < -0.4 is 26.0 Å². The van der Waals surface area contributed by atoms with Crippen molar-refractivity contribution in [2.75, 3.05) is 37.9 Å². The predicted molar refractivity (Wildman–Crippen MR) is 171 cm³/mol. The Morgan fingerprint density at radius 3 is 2.51 bits per heavy atom. The summed E-state index contributed by atoms with van der Waals surface area (Å²) in [7, 11) is 0. The number of carbonyl (C=O) groups is 4. The van der Waals surface area contributed by atoms with E-state index in [9.17, 15) is 24.3 Å². The van der Waals surface area contributed by atoms with Gasteiger partial charge >= 0.3 is 18.1 Å². The smallest absolute Gasteiger partial charge is 0.407 e. The van der Waals surface area contributed by atoms with Gasteiger partial charge in [0.1, 0.15) is 24.4 Å². The minimum atomic E-state index is -1.22. The van der Waals surface area contributed by atoms with E-state index < -0.39 is 36.1 Å². The molecule has 45 heavy (non-hydrogen) atoms. The maximum Gasteiger partial charge on any atom is 0.407 e. The quantitative estimate of drug-likeness (QED) is 0.231. The fourth-order valence-corrected chi connectivity index (χ4v) is 5.17. The monoisotopic (exact) mass is 644 g/mol. The average Bonchev–Trinajstić information content (AvgIpc) is 3.02. The second-order valence-corrected chi connectivity index (χ2v) is 12.1. The molecule has 0 fully saturated rings. The van der Waals surface area contributed by atoms with E-state index in [-0.39, 0.29) is 37.3 Å².